The first-order valence-corrected chi connectivity index (χ1v) is 6.77. The smallest absolute Gasteiger partial charge is 0.299 e. The third-order valence-electron chi connectivity index (χ3n) is 2.68. The molecule has 3 rings (SSSR count). The van der Waals surface area contributed by atoms with Crippen LogP contribution in [0.15, 0.2) is 18.6 Å². The summed E-state index contributed by atoms with van der Waals surface area (Å²) >= 11 is 1.42. The maximum absolute atomic E-state index is 5.63. The Bertz CT molecular complexity index is 686. The first-order chi connectivity index (χ1) is 8.91. The van der Waals surface area contributed by atoms with Crippen LogP contribution < -0.4 is 4.74 Å². The molecule has 3 heterocycles. The van der Waals surface area contributed by atoms with Gasteiger partial charge in [-0.15, -0.1) is 5.10 Å². The van der Waals surface area contributed by atoms with Crippen molar-refractivity contribution in [2.45, 2.75) is 26.2 Å². The molecule has 7 heteroatoms. The van der Waals surface area contributed by atoms with Gasteiger partial charge in [0, 0.05) is 12.5 Å². The molecule has 0 aliphatic carbocycles. The third kappa shape index (κ3) is 2.33. The lowest BCUT2D eigenvalue weighted by Crippen LogP contribution is -2.11. The van der Waals surface area contributed by atoms with Crippen LogP contribution in [0.25, 0.3) is 4.96 Å². The number of aryl methyl sites for hydroxylation is 1. The van der Waals surface area contributed by atoms with Crippen molar-refractivity contribution in [1.82, 2.24) is 24.4 Å². The van der Waals surface area contributed by atoms with Crippen LogP contribution in [-0.4, -0.2) is 24.4 Å². The van der Waals surface area contributed by atoms with Gasteiger partial charge in [-0.3, -0.25) is 4.68 Å². The Morgan fingerprint density at radius 2 is 2.05 bits per heavy atom. The molecule has 0 unspecified atom stereocenters. The molecule has 100 valence electrons. The van der Waals surface area contributed by atoms with Crippen LogP contribution in [0.5, 0.6) is 10.9 Å². The van der Waals surface area contributed by atoms with E-state index in [1.165, 1.54) is 11.3 Å². The van der Waals surface area contributed by atoms with Gasteiger partial charge in [0.25, 0.3) is 5.19 Å². The topological polar surface area (TPSA) is 57.2 Å². The van der Waals surface area contributed by atoms with Gasteiger partial charge >= 0.3 is 0 Å². The number of fused-ring (bicyclic) bond motifs is 1. The molecule has 0 aliphatic rings. The van der Waals surface area contributed by atoms with Crippen molar-refractivity contribution in [2.24, 2.45) is 7.05 Å². The van der Waals surface area contributed by atoms with E-state index in [-0.39, 0.29) is 5.41 Å². The highest BCUT2D eigenvalue weighted by atomic mass is 32.1. The highest BCUT2D eigenvalue weighted by Crippen LogP contribution is 2.29. The average Bonchev–Trinajstić information content (AvgIpc) is 2.91. The Balaban J connectivity index is 1.89. The molecule has 0 bridgehead atoms. The summed E-state index contributed by atoms with van der Waals surface area (Å²) in [6, 6.07) is 0. The molecule has 0 radical (unpaired) electrons. The number of hydrogen-bond acceptors (Lipinski definition) is 5. The lowest BCUT2D eigenvalue weighted by Gasteiger charge is -2.13. The number of ether oxygens (including phenoxy) is 1. The van der Waals surface area contributed by atoms with Crippen molar-refractivity contribution in [2.75, 3.05) is 0 Å². The molecular formula is C12H15N5OS. The Kier molecular flexibility index (Phi) is 2.60. The fourth-order valence-electron chi connectivity index (χ4n) is 1.64. The van der Waals surface area contributed by atoms with Crippen molar-refractivity contribution in [3.8, 4) is 10.9 Å². The van der Waals surface area contributed by atoms with Gasteiger partial charge in [-0.2, -0.15) is 5.10 Å². The predicted molar refractivity (Wildman–Crippen MR) is 72.8 cm³/mol. The summed E-state index contributed by atoms with van der Waals surface area (Å²) in [5, 5.41) is 8.98. The Morgan fingerprint density at radius 1 is 1.26 bits per heavy atom. The molecule has 0 atom stereocenters. The van der Waals surface area contributed by atoms with Gasteiger partial charge in [-0.05, 0) is 11.3 Å². The van der Waals surface area contributed by atoms with E-state index in [1.807, 2.05) is 13.2 Å². The first-order valence-electron chi connectivity index (χ1n) is 5.95. The minimum absolute atomic E-state index is 0.0256. The summed E-state index contributed by atoms with van der Waals surface area (Å²) in [5.74, 6) is 0.676. The van der Waals surface area contributed by atoms with Gasteiger partial charge in [-0.1, -0.05) is 20.8 Å². The summed E-state index contributed by atoms with van der Waals surface area (Å²) in [6.07, 6.45) is 5.40. The molecular weight excluding hydrogens is 262 g/mol. The first kappa shape index (κ1) is 12.2. The maximum atomic E-state index is 5.63. The zero-order chi connectivity index (χ0) is 13.6. The molecule has 0 spiro atoms. The van der Waals surface area contributed by atoms with E-state index in [9.17, 15) is 0 Å². The number of rotatable bonds is 2. The van der Waals surface area contributed by atoms with Crippen LogP contribution in [0.3, 0.4) is 0 Å². The summed E-state index contributed by atoms with van der Waals surface area (Å²) in [7, 11) is 1.84. The molecule has 0 saturated heterocycles. The maximum Gasteiger partial charge on any atom is 0.299 e. The number of aromatic nitrogens is 5. The second kappa shape index (κ2) is 4.06. The molecule has 3 aromatic rings. The van der Waals surface area contributed by atoms with Crippen LogP contribution in [-0.2, 0) is 12.5 Å². The molecule has 0 saturated carbocycles. The molecule has 0 fully saturated rings. The van der Waals surface area contributed by atoms with Gasteiger partial charge < -0.3 is 4.74 Å². The van der Waals surface area contributed by atoms with Crippen LogP contribution in [0.4, 0.5) is 0 Å². The van der Waals surface area contributed by atoms with E-state index in [2.05, 4.69) is 36.0 Å². The van der Waals surface area contributed by atoms with Gasteiger partial charge in [0.1, 0.15) is 0 Å². The van der Waals surface area contributed by atoms with E-state index in [0.29, 0.717) is 10.9 Å². The van der Waals surface area contributed by atoms with Gasteiger partial charge in [0.2, 0.25) is 4.96 Å². The van der Waals surface area contributed by atoms with Gasteiger partial charge in [-0.25, -0.2) is 9.50 Å². The van der Waals surface area contributed by atoms with E-state index >= 15 is 0 Å². The number of nitrogens with zero attached hydrogens (tertiary/aromatic N) is 5. The molecule has 0 aromatic carbocycles. The molecule has 0 aliphatic heterocycles. The average molecular weight is 277 g/mol. The lowest BCUT2D eigenvalue weighted by molar-refractivity contribution is 0.469. The predicted octanol–water partition coefficient (Wildman–Crippen LogP) is 2.61. The van der Waals surface area contributed by atoms with Crippen molar-refractivity contribution >= 4 is 16.3 Å². The van der Waals surface area contributed by atoms with Crippen LogP contribution in [0, 0.1) is 0 Å². The zero-order valence-corrected chi connectivity index (χ0v) is 12.1. The summed E-state index contributed by atoms with van der Waals surface area (Å²) in [5.41, 5.74) is 1.05. The Labute approximate surface area is 114 Å². The number of imidazole rings is 1. The largest absolute Gasteiger partial charge is 0.426 e. The van der Waals surface area contributed by atoms with E-state index in [0.717, 1.165) is 10.7 Å². The van der Waals surface area contributed by atoms with E-state index < -0.39 is 0 Å². The SMILES string of the molecule is Cn1cc(Oc2nn3cc(C(C)(C)C)nc3s2)cn1. The van der Waals surface area contributed by atoms with Crippen molar-refractivity contribution < 1.29 is 4.74 Å². The normalized spacial score (nSPS) is 12.2. The summed E-state index contributed by atoms with van der Waals surface area (Å²) in [6.45, 7) is 6.39. The van der Waals surface area contributed by atoms with Crippen molar-refractivity contribution in [3.63, 3.8) is 0 Å². The monoisotopic (exact) mass is 277 g/mol. The quantitative estimate of drug-likeness (QED) is 0.722. The molecule has 3 aromatic heterocycles. The van der Waals surface area contributed by atoms with Crippen LogP contribution >= 0.6 is 11.3 Å². The van der Waals surface area contributed by atoms with Gasteiger partial charge in [0.05, 0.1) is 24.3 Å². The second-order valence-corrected chi connectivity index (χ2v) is 6.34. The van der Waals surface area contributed by atoms with Crippen LogP contribution in [0.1, 0.15) is 26.5 Å². The highest BCUT2D eigenvalue weighted by Gasteiger charge is 2.19. The molecule has 0 amide bonds. The zero-order valence-electron chi connectivity index (χ0n) is 11.3. The Hall–Kier alpha value is -1.89. The van der Waals surface area contributed by atoms with Crippen LogP contribution in [0.2, 0.25) is 0 Å². The third-order valence-corrected chi connectivity index (χ3v) is 3.48. The molecule has 6 nitrogen and oxygen atoms in total. The van der Waals surface area contributed by atoms with E-state index in [1.54, 1.807) is 21.6 Å². The van der Waals surface area contributed by atoms with Crippen molar-refractivity contribution in [3.05, 3.63) is 24.3 Å². The molecule has 0 N–H and O–H groups in total. The molecule has 19 heavy (non-hydrogen) atoms. The minimum Gasteiger partial charge on any atom is -0.426 e. The van der Waals surface area contributed by atoms with Gasteiger partial charge in [0.15, 0.2) is 5.75 Å². The Morgan fingerprint density at radius 3 is 2.63 bits per heavy atom. The second-order valence-electron chi connectivity index (χ2n) is 5.42. The number of hydrogen-bond donors (Lipinski definition) is 0. The highest BCUT2D eigenvalue weighted by molar-refractivity contribution is 7.18. The van der Waals surface area contributed by atoms with E-state index in [4.69, 9.17) is 4.74 Å². The fourth-order valence-corrected chi connectivity index (χ4v) is 2.39. The summed E-state index contributed by atoms with van der Waals surface area (Å²) in [4.78, 5) is 5.41. The minimum atomic E-state index is 0.0256. The lowest BCUT2D eigenvalue weighted by atomic mass is 9.93. The standard InChI is InChI=1S/C12H15N5OS/c1-12(2,3)9-7-17-10(14-9)19-11(15-17)18-8-5-13-16(4)6-8/h5-7H,1-4H3. The van der Waals surface area contributed by atoms with Crippen molar-refractivity contribution in [1.29, 1.82) is 0 Å². The fraction of sp³-hybridized carbons (Fsp3) is 0.417. The summed E-state index contributed by atoms with van der Waals surface area (Å²) < 4.78 is 9.08.